The van der Waals surface area contributed by atoms with Crippen LogP contribution in [0.3, 0.4) is 0 Å². The fraction of sp³-hybridized carbons (Fsp3) is 0.0938. The maximum atomic E-state index is 11.0. The third-order valence-electron chi connectivity index (χ3n) is 6.26. The molecule has 0 saturated carbocycles. The second-order valence-corrected chi connectivity index (χ2v) is 8.52. The lowest BCUT2D eigenvalue weighted by Crippen LogP contribution is -2.09. The summed E-state index contributed by atoms with van der Waals surface area (Å²) >= 11 is 0. The summed E-state index contributed by atoms with van der Waals surface area (Å²) < 4.78 is 7.83. The summed E-state index contributed by atoms with van der Waals surface area (Å²) in [6.07, 6.45) is 0. The van der Waals surface area contributed by atoms with Crippen LogP contribution in [0.5, 0.6) is 5.75 Å². The van der Waals surface area contributed by atoms with Gasteiger partial charge in [-0.15, -0.1) is 0 Å². The van der Waals surface area contributed by atoms with Crippen LogP contribution in [-0.2, 0) is 11.3 Å². The second-order valence-electron chi connectivity index (χ2n) is 8.52. The number of hydrogen-bond donors (Lipinski definition) is 1. The van der Waals surface area contributed by atoms with Crippen LogP contribution in [-0.4, -0.2) is 22.2 Å². The highest BCUT2D eigenvalue weighted by Crippen LogP contribution is 2.42. The Morgan fingerprint density at radius 3 is 1.97 bits per heavy atom. The molecule has 178 valence electrons. The number of carboxylic acids is 1. The summed E-state index contributed by atoms with van der Waals surface area (Å²) in [5, 5.41) is 9.00. The van der Waals surface area contributed by atoms with Crippen molar-refractivity contribution in [1.29, 1.82) is 0 Å². The molecule has 1 heterocycles. The number of rotatable bonds is 8. The number of hydrogen-bond acceptors (Lipinski definition) is 2. The van der Waals surface area contributed by atoms with E-state index in [0.717, 1.165) is 28.9 Å². The van der Waals surface area contributed by atoms with Gasteiger partial charge >= 0.3 is 5.97 Å². The molecule has 0 atom stereocenters. The zero-order valence-electron chi connectivity index (χ0n) is 20.1. The quantitative estimate of drug-likeness (QED) is 0.252. The van der Waals surface area contributed by atoms with Gasteiger partial charge in [-0.1, -0.05) is 97.1 Å². The Morgan fingerprint density at radius 1 is 0.694 bits per heavy atom. The van der Waals surface area contributed by atoms with Gasteiger partial charge in [0.1, 0.15) is 5.75 Å². The van der Waals surface area contributed by atoms with E-state index >= 15 is 0 Å². The van der Waals surface area contributed by atoms with Crippen LogP contribution in [0, 0.1) is 0 Å². The Kier molecular flexibility index (Phi) is 6.67. The minimum atomic E-state index is -0.997. The molecule has 36 heavy (non-hydrogen) atoms. The zero-order valence-corrected chi connectivity index (χ0v) is 20.1. The van der Waals surface area contributed by atoms with Crippen LogP contribution in [0.1, 0.15) is 6.92 Å². The molecule has 1 aromatic heterocycles. The van der Waals surface area contributed by atoms with Gasteiger partial charge in [0.25, 0.3) is 0 Å². The standard InChI is InChI=1S/C32H27NO3/c1-2-33-30(21-29(23-12-5-3-6-13-23)32(33)24-14-7-4-8-15-24)28-19-10-9-18-27(28)25-16-11-17-26(20-25)36-22-31(34)35/h3-21H,2,22H2,1H3,(H,34,35). The summed E-state index contributed by atoms with van der Waals surface area (Å²) in [7, 11) is 0. The van der Waals surface area contributed by atoms with Crippen molar-refractivity contribution in [3.05, 3.63) is 115 Å². The first-order valence-electron chi connectivity index (χ1n) is 12.0. The maximum absolute atomic E-state index is 11.0. The number of carbonyl (C=O) groups is 1. The van der Waals surface area contributed by atoms with Gasteiger partial charge in [0.15, 0.2) is 6.61 Å². The molecule has 0 aliphatic rings. The first-order valence-corrected chi connectivity index (χ1v) is 12.0. The topological polar surface area (TPSA) is 51.5 Å². The van der Waals surface area contributed by atoms with Crippen molar-refractivity contribution < 1.29 is 14.6 Å². The van der Waals surface area contributed by atoms with Crippen molar-refractivity contribution >= 4 is 5.97 Å². The van der Waals surface area contributed by atoms with Crippen LogP contribution >= 0.6 is 0 Å². The van der Waals surface area contributed by atoms with Crippen LogP contribution < -0.4 is 4.74 Å². The van der Waals surface area contributed by atoms with Gasteiger partial charge < -0.3 is 14.4 Å². The lowest BCUT2D eigenvalue weighted by Gasteiger charge is -2.16. The maximum Gasteiger partial charge on any atom is 0.341 e. The van der Waals surface area contributed by atoms with E-state index in [-0.39, 0.29) is 6.61 Å². The lowest BCUT2D eigenvalue weighted by molar-refractivity contribution is -0.139. The Morgan fingerprint density at radius 2 is 1.31 bits per heavy atom. The first kappa shape index (κ1) is 23.2. The summed E-state index contributed by atoms with van der Waals surface area (Å²) in [4.78, 5) is 11.0. The SMILES string of the molecule is CCn1c(-c2ccccc2-c2cccc(OCC(=O)O)c2)cc(-c2ccccc2)c1-c1ccccc1. The molecular formula is C32H27NO3. The Labute approximate surface area is 211 Å². The molecule has 0 aliphatic heterocycles. The number of carboxylic acid groups (broad SMARTS) is 1. The van der Waals surface area contributed by atoms with E-state index in [9.17, 15) is 4.79 Å². The van der Waals surface area contributed by atoms with Gasteiger partial charge in [-0.3, -0.25) is 0 Å². The largest absolute Gasteiger partial charge is 0.482 e. The van der Waals surface area contributed by atoms with Crippen molar-refractivity contribution in [2.75, 3.05) is 6.61 Å². The number of aliphatic carboxylic acids is 1. The average molecular weight is 474 g/mol. The third-order valence-corrected chi connectivity index (χ3v) is 6.26. The van der Waals surface area contributed by atoms with Gasteiger partial charge in [-0.05, 0) is 47.4 Å². The van der Waals surface area contributed by atoms with Crippen LogP contribution in [0.2, 0.25) is 0 Å². The van der Waals surface area contributed by atoms with Crippen LogP contribution in [0.15, 0.2) is 115 Å². The Bertz CT molecular complexity index is 1490. The number of ether oxygens (including phenoxy) is 1. The molecule has 0 amide bonds. The minimum absolute atomic E-state index is 0.370. The molecule has 0 spiro atoms. The normalized spacial score (nSPS) is 10.8. The second kappa shape index (κ2) is 10.4. The highest BCUT2D eigenvalue weighted by Gasteiger charge is 2.20. The van der Waals surface area contributed by atoms with Crippen molar-refractivity contribution in [1.82, 2.24) is 4.57 Å². The number of benzene rings is 4. The Hall–Kier alpha value is -4.57. The van der Waals surface area contributed by atoms with Crippen molar-refractivity contribution in [2.24, 2.45) is 0 Å². The van der Waals surface area contributed by atoms with E-state index in [1.54, 1.807) is 6.07 Å². The third kappa shape index (κ3) is 4.66. The molecule has 0 unspecified atom stereocenters. The van der Waals surface area contributed by atoms with E-state index < -0.39 is 5.97 Å². The predicted octanol–water partition coefficient (Wildman–Crippen LogP) is 7.64. The molecule has 1 N–H and O–H groups in total. The van der Waals surface area contributed by atoms with Gasteiger partial charge in [0, 0.05) is 23.4 Å². The van der Waals surface area contributed by atoms with E-state index in [1.807, 2.05) is 36.4 Å². The molecule has 0 radical (unpaired) electrons. The lowest BCUT2D eigenvalue weighted by atomic mass is 9.96. The van der Waals surface area contributed by atoms with Crippen molar-refractivity contribution in [3.8, 4) is 50.5 Å². The molecular weight excluding hydrogens is 446 g/mol. The van der Waals surface area contributed by atoms with E-state index in [2.05, 4.69) is 84.3 Å². The van der Waals surface area contributed by atoms with Gasteiger partial charge in [0.05, 0.1) is 5.69 Å². The van der Waals surface area contributed by atoms with Crippen molar-refractivity contribution in [2.45, 2.75) is 13.5 Å². The molecule has 4 aromatic carbocycles. The summed E-state index contributed by atoms with van der Waals surface area (Å²) in [6.45, 7) is 2.61. The minimum Gasteiger partial charge on any atom is -0.482 e. The number of aromatic nitrogens is 1. The monoisotopic (exact) mass is 473 g/mol. The molecule has 0 fully saturated rings. The van der Waals surface area contributed by atoms with E-state index in [1.165, 1.54) is 22.4 Å². The van der Waals surface area contributed by atoms with Gasteiger partial charge in [0.2, 0.25) is 0 Å². The molecule has 0 aliphatic carbocycles. The molecule has 4 nitrogen and oxygen atoms in total. The average Bonchev–Trinajstić information content (AvgIpc) is 3.32. The van der Waals surface area contributed by atoms with Gasteiger partial charge in [-0.25, -0.2) is 4.79 Å². The fourth-order valence-corrected chi connectivity index (χ4v) is 4.70. The van der Waals surface area contributed by atoms with Crippen LogP contribution in [0.4, 0.5) is 0 Å². The number of nitrogens with zero attached hydrogens (tertiary/aromatic N) is 1. The summed E-state index contributed by atoms with van der Waals surface area (Å²) in [6, 6.07) is 39.2. The highest BCUT2D eigenvalue weighted by atomic mass is 16.5. The van der Waals surface area contributed by atoms with Crippen molar-refractivity contribution in [3.63, 3.8) is 0 Å². The predicted molar refractivity (Wildman–Crippen MR) is 145 cm³/mol. The zero-order chi connectivity index (χ0) is 24.9. The van der Waals surface area contributed by atoms with Gasteiger partial charge in [-0.2, -0.15) is 0 Å². The fourth-order valence-electron chi connectivity index (χ4n) is 4.70. The molecule has 4 heteroatoms. The smallest absolute Gasteiger partial charge is 0.341 e. The van der Waals surface area contributed by atoms with E-state index in [0.29, 0.717) is 5.75 Å². The highest BCUT2D eigenvalue weighted by molar-refractivity contribution is 5.91. The molecule has 0 saturated heterocycles. The summed E-state index contributed by atoms with van der Waals surface area (Å²) in [5.41, 5.74) is 8.98. The Balaban J connectivity index is 1.70. The van der Waals surface area contributed by atoms with E-state index in [4.69, 9.17) is 9.84 Å². The van der Waals surface area contributed by atoms with Crippen LogP contribution in [0.25, 0.3) is 44.8 Å². The summed E-state index contributed by atoms with van der Waals surface area (Å²) in [5.74, 6) is -0.464. The molecule has 5 rings (SSSR count). The first-order chi connectivity index (χ1) is 17.7. The molecule has 5 aromatic rings. The molecule has 0 bridgehead atoms.